The first-order valence-electron chi connectivity index (χ1n) is 7.46. The van der Waals surface area contributed by atoms with Gasteiger partial charge in [-0.05, 0) is 24.6 Å². The van der Waals surface area contributed by atoms with E-state index in [2.05, 4.69) is 16.9 Å². The molecule has 0 aliphatic heterocycles. The van der Waals surface area contributed by atoms with Crippen LogP contribution in [0.2, 0.25) is 10.0 Å². The van der Waals surface area contributed by atoms with Crippen molar-refractivity contribution in [1.29, 1.82) is 0 Å². The molecule has 1 aromatic carbocycles. The Balaban J connectivity index is 2.05. The number of halogens is 2. The van der Waals surface area contributed by atoms with Crippen molar-refractivity contribution in [2.75, 3.05) is 11.9 Å². The van der Waals surface area contributed by atoms with Gasteiger partial charge in [-0.25, -0.2) is 4.79 Å². The lowest BCUT2D eigenvalue weighted by atomic mass is 10.0. The monoisotopic (exact) mass is 378 g/mol. The number of hydrogen-bond donors (Lipinski definition) is 1. The van der Waals surface area contributed by atoms with Crippen LogP contribution in [0.3, 0.4) is 0 Å². The maximum absolute atomic E-state index is 12.3. The molecule has 0 saturated heterocycles. The molecule has 2 aromatic rings. The third-order valence-electron chi connectivity index (χ3n) is 3.29. The van der Waals surface area contributed by atoms with Gasteiger partial charge in [0.05, 0.1) is 22.3 Å². The van der Waals surface area contributed by atoms with Crippen LogP contribution in [0.1, 0.15) is 22.8 Å². The minimum atomic E-state index is -0.425. The molecule has 1 heterocycles. The number of aromatic nitrogens is 1. The average Bonchev–Trinajstić information content (AvgIpc) is 2.59. The summed E-state index contributed by atoms with van der Waals surface area (Å²) >= 11 is 12.0. The normalized spacial score (nSPS) is 10.2. The van der Waals surface area contributed by atoms with E-state index in [0.717, 1.165) is 5.56 Å². The Morgan fingerprint density at radius 3 is 2.32 bits per heavy atom. The van der Waals surface area contributed by atoms with E-state index in [-0.39, 0.29) is 16.0 Å². The Labute approximate surface area is 155 Å². The first-order valence-corrected chi connectivity index (χ1v) is 8.22. The molecular formula is C18H16Cl2N2O3. The summed E-state index contributed by atoms with van der Waals surface area (Å²) in [7, 11) is 0. The van der Waals surface area contributed by atoms with Gasteiger partial charge in [-0.2, -0.15) is 0 Å². The van der Waals surface area contributed by atoms with Crippen LogP contribution < -0.4 is 5.32 Å². The van der Waals surface area contributed by atoms with Crippen LogP contribution in [-0.4, -0.2) is 23.5 Å². The van der Waals surface area contributed by atoms with Crippen LogP contribution in [0.25, 0.3) is 0 Å². The number of amides is 1. The second-order valence-electron chi connectivity index (χ2n) is 5.13. The van der Waals surface area contributed by atoms with Crippen molar-refractivity contribution in [2.45, 2.75) is 13.3 Å². The van der Waals surface area contributed by atoms with Gasteiger partial charge in [-0.15, -0.1) is 0 Å². The number of ether oxygens (including phenoxy) is 1. The standard InChI is InChI=1S/C18H16Cl2N2O3/c1-3-25-18(24)11(2)8-12-4-6-13(7-5-12)17(23)22-16-14(19)9-21-10-15(16)20/h4-7,9-10H,2-3,8H2,1H3,(H,21,22,23). The number of carbonyl (C=O) groups is 2. The molecule has 1 aromatic heterocycles. The molecule has 0 aliphatic rings. The van der Waals surface area contributed by atoms with E-state index in [1.807, 2.05) is 0 Å². The van der Waals surface area contributed by atoms with Crippen LogP contribution in [-0.2, 0) is 16.0 Å². The third kappa shape index (κ3) is 5.05. The van der Waals surface area contributed by atoms with E-state index >= 15 is 0 Å². The van der Waals surface area contributed by atoms with E-state index in [0.29, 0.717) is 29.9 Å². The van der Waals surface area contributed by atoms with Gasteiger partial charge >= 0.3 is 5.97 Å². The van der Waals surface area contributed by atoms with E-state index in [1.54, 1.807) is 31.2 Å². The zero-order chi connectivity index (χ0) is 18.4. The highest BCUT2D eigenvalue weighted by molar-refractivity contribution is 6.39. The van der Waals surface area contributed by atoms with Gasteiger partial charge in [0, 0.05) is 30.0 Å². The highest BCUT2D eigenvalue weighted by Crippen LogP contribution is 2.29. The van der Waals surface area contributed by atoms with Gasteiger partial charge < -0.3 is 10.1 Å². The maximum atomic E-state index is 12.3. The van der Waals surface area contributed by atoms with E-state index < -0.39 is 5.97 Å². The number of esters is 1. The number of rotatable bonds is 6. The second-order valence-corrected chi connectivity index (χ2v) is 5.94. The molecule has 0 spiro atoms. The van der Waals surface area contributed by atoms with Crippen molar-refractivity contribution in [3.8, 4) is 0 Å². The molecule has 0 aliphatic carbocycles. The first-order chi connectivity index (χ1) is 11.9. The predicted molar refractivity (Wildman–Crippen MR) is 98.1 cm³/mol. The number of hydrogen-bond acceptors (Lipinski definition) is 4. The van der Waals surface area contributed by atoms with Crippen molar-refractivity contribution in [3.63, 3.8) is 0 Å². The zero-order valence-electron chi connectivity index (χ0n) is 13.5. The van der Waals surface area contributed by atoms with Crippen molar-refractivity contribution in [3.05, 3.63) is 70.0 Å². The molecule has 1 amide bonds. The van der Waals surface area contributed by atoms with Crippen molar-refractivity contribution < 1.29 is 14.3 Å². The molecule has 7 heteroatoms. The molecule has 0 fully saturated rings. The Morgan fingerprint density at radius 2 is 1.76 bits per heavy atom. The first kappa shape index (κ1) is 19.0. The summed E-state index contributed by atoms with van der Waals surface area (Å²) in [5.74, 6) is -0.781. The number of benzene rings is 1. The number of anilines is 1. The number of nitrogens with one attached hydrogen (secondary N) is 1. The molecule has 0 unspecified atom stereocenters. The van der Waals surface area contributed by atoms with Crippen LogP contribution >= 0.6 is 23.2 Å². The molecule has 2 rings (SSSR count). The van der Waals surface area contributed by atoms with Gasteiger partial charge in [-0.3, -0.25) is 9.78 Å². The minimum Gasteiger partial charge on any atom is -0.463 e. The summed E-state index contributed by atoms with van der Waals surface area (Å²) in [4.78, 5) is 27.7. The third-order valence-corrected chi connectivity index (χ3v) is 3.86. The molecule has 1 N–H and O–H groups in total. The van der Waals surface area contributed by atoms with Crippen molar-refractivity contribution in [1.82, 2.24) is 4.98 Å². The van der Waals surface area contributed by atoms with E-state index in [4.69, 9.17) is 27.9 Å². The largest absolute Gasteiger partial charge is 0.463 e. The fourth-order valence-corrected chi connectivity index (χ4v) is 2.50. The van der Waals surface area contributed by atoms with Crippen LogP contribution in [0, 0.1) is 0 Å². The quantitative estimate of drug-likeness (QED) is 0.600. The molecule has 0 bridgehead atoms. The number of carbonyl (C=O) groups excluding carboxylic acids is 2. The summed E-state index contributed by atoms with van der Waals surface area (Å²) in [6.45, 7) is 5.75. The summed E-state index contributed by atoms with van der Waals surface area (Å²) in [6, 6.07) is 6.78. The SMILES string of the molecule is C=C(Cc1ccc(C(=O)Nc2c(Cl)cncc2Cl)cc1)C(=O)OCC. The predicted octanol–water partition coefficient (Wildman–Crippen LogP) is 4.30. The fraction of sp³-hybridized carbons (Fsp3) is 0.167. The molecular weight excluding hydrogens is 363 g/mol. The van der Waals surface area contributed by atoms with Gasteiger partial charge in [0.1, 0.15) is 0 Å². The summed E-state index contributed by atoms with van der Waals surface area (Å²) in [6.07, 6.45) is 3.14. The molecule has 0 atom stereocenters. The highest BCUT2D eigenvalue weighted by atomic mass is 35.5. The van der Waals surface area contributed by atoms with Gasteiger partial charge in [-0.1, -0.05) is 41.9 Å². The molecule has 0 radical (unpaired) electrons. The molecule has 0 saturated carbocycles. The lowest BCUT2D eigenvalue weighted by Crippen LogP contribution is -2.13. The number of nitrogens with zero attached hydrogens (tertiary/aromatic N) is 1. The fourth-order valence-electron chi connectivity index (χ4n) is 2.04. The highest BCUT2D eigenvalue weighted by Gasteiger charge is 2.13. The molecule has 5 nitrogen and oxygen atoms in total. The summed E-state index contributed by atoms with van der Waals surface area (Å²) < 4.78 is 4.89. The average molecular weight is 379 g/mol. The smallest absolute Gasteiger partial charge is 0.333 e. The Hall–Kier alpha value is -2.37. The summed E-state index contributed by atoms with van der Waals surface area (Å²) in [5, 5.41) is 3.16. The zero-order valence-corrected chi connectivity index (χ0v) is 15.0. The van der Waals surface area contributed by atoms with E-state index in [9.17, 15) is 9.59 Å². The van der Waals surface area contributed by atoms with Crippen LogP contribution in [0.15, 0.2) is 48.8 Å². The van der Waals surface area contributed by atoms with Gasteiger partial charge in [0.25, 0.3) is 5.91 Å². The number of pyridine rings is 1. The second kappa shape index (κ2) is 8.65. The van der Waals surface area contributed by atoms with Gasteiger partial charge in [0.15, 0.2) is 0 Å². The van der Waals surface area contributed by atoms with Crippen molar-refractivity contribution >= 4 is 40.8 Å². The lowest BCUT2D eigenvalue weighted by Gasteiger charge is -2.09. The Morgan fingerprint density at radius 1 is 1.16 bits per heavy atom. The molecule has 25 heavy (non-hydrogen) atoms. The maximum Gasteiger partial charge on any atom is 0.333 e. The van der Waals surface area contributed by atoms with E-state index in [1.165, 1.54) is 12.4 Å². The van der Waals surface area contributed by atoms with Crippen LogP contribution in [0.5, 0.6) is 0 Å². The lowest BCUT2D eigenvalue weighted by molar-refractivity contribution is -0.138. The molecule has 130 valence electrons. The van der Waals surface area contributed by atoms with Crippen molar-refractivity contribution in [2.24, 2.45) is 0 Å². The van der Waals surface area contributed by atoms with Gasteiger partial charge in [0.2, 0.25) is 0 Å². The minimum absolute atomic E-state index is 0.253. The Bertz CT molecular complexity index is 784. The topological polar surface area (TPSA) is 68.3 Å². The Kier molecular flexibility index (Phi) is 6.56. The summed E-state index contributed by atoms with van der Waals surface area (Å²) in [5.41, 5.74) is 1.93. The van der Waals surface area contributed by atoms with Crippen LogP contribution in [0.4, 0.5) is 5.69 Å².